The summed E-state index contributed by atoms with van der Waals surface area (Å²) in [7, 11) is 0. The Morgan fingerprint density at radius 1 is 1.40 bits per heavy atom. The number of rotatable bonds is 6. The first-order valence-electron chi connectivity index (χ1n) is 7.77. The minimum absolute atomic E-state index is 0.179. The maximum atomic E-state index is 13.3. The molecular formula is C17H25BrFN. The molecule has 0 aromatic heterocycles. The predicted octanol–water partition coefficient (Wildman–Crippen LogP) is 4.94. The highest BCUT2D eigenvalue weighted by molar-refractivity contribution is 9.10. The molecule has 1 aliphatic carbocycles. The van der Waals surface area contributed by atoms with Gasteiger partial charge in [0.2, 0.25) is 0 Å². The van der Waals surface area contributed by atoms with Crippen LogP contribution in [0.5, 0.6) is 0 Å². The van der Waals surface area contributed by atoms with Gasteiger partial charge in [-0.05, 0) is 77.7 Å². The van der Waals surface area contributed by atoms with Crippen molar-refractivity contribution in [3.05, 3.63) is 34.1 Å². The van der Waals surface area contributed by atoms with Gasteiger partial charge in [-0.2, -0.15) is 0 Å². The third kappa shape index (κ3) is 4.29. The Bertz CT molecular complexity index is 435. The Morgan fingerprint density at radius 2 is 2.20 bits per heavy atom. The maximum absolute atomic E-state index is 13.3. The van der Waals surface area contributed by atoms with E-state index in [9.17, 15) is 4.39 Å². The van der Waals surface area contributed by atoms with Crippen molar-refractivity contribution < 1.29 is 4.39 Å². The summed E-state index contributed by atoms with van der Waals surface area (Å²) in [4.78, 5) is 0. The number of halogens is 2. The Kier molecular flexibility index (Phi) is 6.03. The summed E-state index contributed by atoms with van der Waals surface area (Å²) in [5.41, 5.74) is 1.21. The second-order valence-corrected chi connectivity index (χ2v) is 7.05. The molecule has 1 aliphatic rings. The first-order valence-corrected chi connectivity index (χ1v) is 8.56. The van der Waals surface area contributed by atoms with Crippen molar-refractivity contribution in [3.63, 3.8) is 0 Å². The molecule has 1 N–H and O–H groups in total. The van der Waals surface area contributed by atoms with E-state index in [4.69, 9.17) is 0 Å². The van der Waals surface area contributed by atoms with Gasteiger partial charge in [-0.25, -0.2) is 4.39 Å². The fourth-order valence-electron chi connectivity index (χ4n) is 3.27. The smallest absolute Gasteiger partial charge is 0.137 e. The maximum Gasteiger partial charge on any atom is 0.137 e. The van der Waals surface area contributed by atoms with Gasteiger partial charge in [0, 0.05) is 6.04 Å². The van der Waals surface area contributed by atoms with E-state index < -0.39 is 0 Å². The molecular weight excluding hydrogens is 317 g/mol. The van der Waals surface area contributed by atoms with Gasteiger partial charge in [0.25, 0.3) is 0 Å². The molecule has 1 fully saturated rings. The Balaban J connectivity index is 2.04. The van der Waals surface area contributed by atoms with E-state index in [2.05, 4.69) is 35.1 Å². The van der Waals surface area contributed by atoms with Crippen molar-refractivity contribution >= 4 is 15.9 Å². The molecule has 0 saturated heterocycles. The third-order valence-corrected chi connectivity index (χ3v) is 5.01. The van der Waals surface area contributed by atoms with Crippen molar-refractivity contribution in [2.75, 3.05) is 6.54 Å². The molecule has 0 amide bonds. The molecule has 112 valence electrons. The van der Waals surface area contributed by atoms with E-state index in [-0.39, 0.29) is 5.82 Å². The topological polar surface area (TPSA) is 12.0 Å². The van der Waals surface area contributed by atoms with Crippen molar-refractivity contribution in [1.29, 1.82) is 0 Å². The van der Waals surface area contributed by atoms with Crippen LogP contribution in [0, 0.1) is 17.7 Å². The first-order chi connectivity index (χ1) is 9.60. The summed E-state index contributed by atoms with van der Waals surface area (Å²) in [6.07, 6.45) is 6.15. The van der Waals surface area contributed by atoms with Gasteiger partial charge < -0.3 is 5.32 Å². The van der Waals surface area contributed by atoms with Gasteiger partial charge in [-0.1, -0.05) is 26.3 Å². The lowest BCUT2D eigenvalue weighted by Crippen LogP contribution is -2.37. The molecule has 1 nitrogen and oxygen atoms in total. The molecule has 1 saturated carbocycles. The Labute approximate surface area is 130 Å². The zero-order valence-electron chi connectivity index (χ0n) is 12.5. The SMILES string of the molecule is CCCNC(Cc1ccc(F)c(Br)c1)C1CCC(C)C1. The highest BCUT2D eigenvalue weighted by atomic mass is 79.9. The van der Waals surface area contributed by atoms with Crippen molar-refractivity contribution in [2.45, 2.75) is 52.0 Å². The van der Waals surface area contributed by atoms with Gasteiger partial charge in [0.05, 0.1) is 4.47 Å². The lowest BCUT2D eigenvalue weighted by molar-refractivity contribution is 0.348. The summed E-state index contributed by atoms with van der Waals surface area (Å²) in [6, 6.07) is 5.93. The lowest BCUT2D eigenvalue weighted by Gasteiger charge is -2.25. The molecule has 3 unspecified atom stereocenters. The quantitative estimate of drug-likeness (QED) is 0.772. The minimum atomic E-state index is -0.179. The Hall–Kier alpha value is -0.410. The Morgan fingerprint density at radius 3 is 2.80 bits per heavy atom. The molecule has 0 radical (unpaired) electrons. The molecule has 3 heteroatoms. The third-order valence-electron chi connectivity index (χ3n) is 4.40. The standard InChI is InChI=1S/C17H25BrFN/c1-3-8-20-17(14-6-4-12(2)9-14)11-13-5-7-16(19)15(18)10-13/h5,7,10,12,14,17,20H,3-4,6,8-9,11H2,1-2H3. The van der Waals surface area contributed by atoms with Crippen molar-refractivity contribution in [1.82, 2.24) is 5.32 Å². The molecule has 0 spiro atoms. The van der Waals surface area contributed by atoms with Crippen LogP contribution in [-0.4, -0.2) is 12.6 Å². The van der Waals surface area contributed by atoms with E-state index in [0.717, 1.165) is 31.2 Å². The van der Waals surface area contributed by atoms with Crippen LogP contribution < -0.4 is 5.32 Å². The van der Waals surface area contributed by atoms with E-state index in [1.165, 1.54) is 24.8 Å². The fraction of sp³-hybridized carbons (Fsp3) is 0.647. The van der Waals surface area contributed by atoms with Gasteiger partial charge in [-0.3, -0.25) is 0 Å². The lowest BCUT2D eigenvalue weighted by atomic mass is 9.91. The first kappa shape index (κ1) is 16.0. The highest BCUT2D eigenvalue weighted by Gasteiger charge is 2.28. The van der Waals surface area contributed by atoms with Crippen LogP contribution in [0.3, 0.4) is 0 Å². The van der Waals surface area contributed by atoms with E-state index in [1.807, 2.05) is 12.1 Å². The minimum Gasteiger partial charge on any atom is -0.313 e. The molecule has 0 aliphatic heterocycles. The molecule has 1 aromatic carbocycles. The van der Waals surface area contributed by atoms with Crippen LogP contribution in [-0.2, 0) is 6.42 Å². The normalized spacial score (nSPS) is 24.0. The second-order valence-electron chi connectivity index (χ2n) is 6.19. The van der Waals surface area contributed by atoms with Gasteiger partial charge in [-0.15, -0.1) is 0 Å². The monoisotopic (exact) mass is 341 g/mol. The van der Waals surface area contributed by atoms with Crippen LogP contribution in [0.1, 0.15) is 45.1 Å². The summed E-state index contributed by atoms with van der Waals surface area (Å²) >= 11 is 3.29. The fourth-order valence-corrected chi connectivity index (χ4v) is 3.70. The summed E-state index contributed by atoms with van der Waals surface area (Å²) < 4.78 is 13.9. The molecule has 2 rings (SSSR count). The summed E-state index contributed by atoms with van der Waals surface area (Å²) in [5.74, 6) is 1.44. The van der Waals surface area contributed by atoms with Crippen molar-refractivity contribution in [2.24, 2.45) is 11.8 Å². The number of nitrogens with one attached hydrogen (secondary N) is 1. The zero-order valence-corrected chi connectivity index (χ0v) is 14.0. The van der Waals surface area contributed by atoms with Crippen LogP contribution in [0.25, 0.3) is 0 Å². The molecule has 3 atom stereocenters. The van der Waals surface area contributed by atoms with Crippen LogP contribution >= 0.6 is 15.9 Å². The molecule has 0 bridgehead atoms. The highest BCUT2D eigenvalue weighted by Crippen LogP contribution is 2.34. The predicted molar refractivity (Wildman–Crippen MR) is 86.4 cm³/mol. The molecule has 1 aromatic rings. The summed E-state index contributed by atoms with van der Waals surface area (Å²) in [6.45, 7) is 5.62. The largest absolute Gasteiger partial charge is 0.313 e. The van der Waals surface area contributed by atoms with E-state index in [1.54, 1.807) is 6.07 Å². The number of benzene rings is 1. The average Bonchev–Trinajstić information content (AvgIpc) is 2.85. The molecule has 20 heavy (non-hydrogen) atoms. The van der Waals surface area contributed by atoms with E-state index >= 15 is 0 Å². The second kappa shape index (κ2) is 7.56. The van der Waals surface area contributed by atoms with Crippen molar-refractivity contribution in [3.8, 4) is 0 Å². The molecule has 0 heterocycles. The average molecular weight is 342 g/mol. The van der Waals surface area contributed by atoms with Crippen LogP contribution in [0.15, 0.2) is 22.7 Å². The van der Waals surface area contributed by atoms with Gasteiger partial charge >= 0.3 is 0 Å². The zero-order chi connectivity index (χ0) is 14.5. The number of hydrogen-bond acceptors (Lipinski definition) is 1. The van der Waals surface area contributed by atoms with Gasteiger partial charge in [0.15, 0.2) is 0 Å². The van der Waals surface area contributed by atoms with Gasteiger partial charge in [0.1, 0.15) is 5.82 Å². The number of hydrogen-bond donors (Lipinski definition) is 1. The van der Waals surface area contributed by atoms with Crippen LogP contribution in [0.2, 0.25) is 0 Å². The summed E-state index contributed by atoms with van der Waals surface area (Å²) in [5, 5.41) is 3.71. The van der Waals surface area contributed by atoms with E-state index in [0.29, 0.717) is 10.5 Å². The van der Waals surface area contributed by atoms with Crippen LogP contribution in [0.4, 0.5) is 4.39 Å².